The van der Waals surface area contributed by atoms with Gasteiger partial charge < -0.3 is 0 Å². The Balaban J connectivity index is 2.38. The highest BCUT2D eigenvalue weighted by molar-refractivity contribution is 5.88. The quantitative estimate of drug-likeness (QED) is 0.566. The molecule has 0 bridgehead atoms. The van der Waals surface area contributed by atoms with Crippen LogP contribution in [-0.4, -0.2) is 12.6 Å². The third-order valence-corrected chi connectivity index (χ3v) is 1.64. The maximum atomic E-state index is 11.4. The molecule has 82 valence electrons. The van der Waals surface area contributed by atoms with Crippen LogP contribution < -0.4 is 0 Å². The molecule has 0 radical (unpaired) electrons. The van der Waals surface area contributed by atoms with E-state index in [0.29, 0.717) is 12.2 Å². The van der Waals surface area contributed by atoms with Gasteiger partial charge in [0, 0.05) is 0 Å². The normalized spacial score (nSPS) is 11.1. The minimum absolute atomic E-state index is 0.0169. The fraction of sp³-hybridized carbons (Fsp3) is 0.417. The van der Waals surface area contributed by atoms with Gasteiger partial charge in [-0.25, -0.2) is 4.79 Å². The molecule has 3 nitrogen and oxygen atoms in total. The molecule has 3 heteroatoms. The Morgan fingerprint density at radius 3 is 2.33 bits per heavy atom. The Morgan fingerprint density at radius 2 is 1.80 bits per heavy atom. The van der Waals surface area contributed by atoms with E-state index in [1.807, 2.05) is 26.8 Å². The van der Waals surface area contributed by atoms with Crippen molar-refractivity contribution in [1.82, 2.24) is 0 Å². The second-order valence-electron chi connectivity index (χ2n) is 4.56. The first kappa shape index (κ1) is 11.7. The van der Waals surface area contributed by atoms with Crippen LogP contribution in [0.2, 0.25) is 0 Å². The van der Waals surface area contributed by atoms with Crippen molar-refractivity contribution in [3.8, 4) is 0 Å². The van der Waals surface area contributed by atoms with E-state index < -0.39 is 5.97 Å². The summed E-state index contributed by atoms with van der Waals surface area (Å²) in [6, 6.07) is 8.76. The van der Waals surface area contributed by atoms with Crippen LogP contribution in [-0.2, 0) is 9.78 Å². The van der Waals surface area contributed by atoms with Gasteiger partial charge in [0.25, 0.3) is 0 Å². The van der Waals surface area contributed by atoms with E-state index in [2.05, 4.69) is 4.89 Å². The zero-order valence-electron chi connectivity index (χ0n) is 9.32. The van der Waals surface area contributed by atoms with Gasteiger partial charge in [0.15, 0.2) is 0 Å². The van der Waals surface area contributed by atoms with Crippen molar-refractivity contribution in [2.45, 2.75) is 20.8 Å². The summed E-state index contributed by atoms with van der Waals surface area (Å²) >= 11 is 0. The van der Waals surface area contributed by atoms with Gasteiger partial charge in [-0.05, 0) is 17.5 Å². The minimum atomic E-state index is -0.458. The van der Waals surface area contributed by atoms with Crippen LogP contribution >= 0.6 is 0 Å². The van der Waals surface area contributed by atoms with Crippen LogP contribution in [0.4, 0.5) is 0 Å². The standard InChI is InChI=1S/C12H16O3/c1-12(2,3)9-14-15-11(13)10-7-5-4-6-8-10/h4-8H,9H2,1-3H3. The third kappa shape index (κ3) is 4.61. The van der Waals surface area contributed by atoms with E-state index in [0.717, 1.165) is 0 Å². The molecule has 0 amide bonds. The first-order valence-electron chi connectivity index (χ1n) is 4.88. The number of carbonyl (C=O) groups excluding carboxylic acids is 1. The Labute approximate surface area is 89.9 Å². The lowest BCUT2D eigenvalue weighted by Gasteiger charge is -2.16. The number of rotatable bonds is 3. The topological polar surface area (TPSA) is 35.5 Å². The third-order valence-electron chi connectivity index (χ3n) is 1.64. The van der Waals surface area contributed by atoms with Gasteiger partial charge in [0.1, 0.15) is 0 Å². The van der Waals surface area contributed by atoms with Crippen LogP contribution in [0.25, 0.3) is 0 Å². The first-order valence-corrected chi connectivity index (χ1v) is 4.88. The Bertz CT molecular complexity index is 311. The van der Waals surface area contributed by atoms with E-state index in [-0.39, 0.29) is 5.41 Å². The van der Waals surface area contributed by atoms with Crippen molar-refractivity contribution in [3.63, 3.8) is 0 Å². The SMILES string of the molecule is CC(C)(C)COOC(=O)c1ccccc1. The fourth-order valence-corrected chi connectivity index (χ4v) is 0.882. The number of carbonyl (C=O) groups is 1. The van der Waals surface area contributed by atoms with Crippen molar-refractivity contribution in [2.24, 2.45) is 5.41 Å². The van der Waals surface area contributed by atoms with E-state index in [1.165, 1.54) is 0 Å². The van der Waals surface area contributed by atoms with E-state index in [4.69, 9.17) is 4.89 Å². The molecule has 0 saturated heterocycles. The smallest absolute Gasteiger partial charge is 0.293 e. The highest BCUT2D eigenvalue weighted by Crippen LogP contribution is 2.13. The van der Waals surface area contributed by atoms with Gasteiger partial charge in [0.05, 0.1) is 12.2 Å². The molecule has 0 heterocycles. The summed E-state index contributed by atoms with van der Waals surface area (Å²) in [5.41, 5.74) is 0.475. The summed E-state index contributed by atoms with van der Waals surface area (Å²) in [6.45, 7) is 6.39. The number of benzene rings is 1. The summed E-state index contributed by atoms with van der Waals surface area (Å²) in [6.07, 6.45) is 0. The van der Waals surface area contributed by atoms with Gasteiger partial charge in [0.2, 0.25) is 0 Å². The predicted octanol–water partition coefficient (Wildman–Crippen LogP) is 2.82. The summed E-state index contributed by atoms with van der Waals surface area (Å²) in [7, 11) is 0. The number of hydrogen-bond donors (Lipinski definition) is 0. The molecule has 1 rings (SSSR count). The molecule has 1 aromatic rings. The molecule has 1 aromatic carbocycles. The van der Waals surface area contributed by atoms with Gasteiger partial charge in [-0.1, -0.05) is 39.0 Å². The Kier molecular flexibility index (Phi) is 3.86. The van der Waals surface area contributed by atoms with Gasteiger partial charge in [-0.3, -0.25) is 4.89 Å². The molecular weight excluding hydrogens is 192 g/mol. The van der Waals surface area contributed by atoms with Crippen molar-refractivity contribution in [3.05, 3.63) is 35.9 Å². The van der Waals surface area contributed by atoms with Crippen molar-refractivity contribution in [1.29, 1.82) is 0 Å². The minimum Gasteiger partial charge on any atom is -0.293 e. The van der Waals surface area contributed by atoms with Crippen LogP contribution in [0, 0.1) is 5.41 Å². The summed E-state index contributed by atoms with van der Waals surface area (Å²) in [5, 5.41) is 0. The average Bonchev–Trinajstić information content (AvgIpc) is 2.17. The molecular formula is C12H16O3. The molecule has 0 fully saturated rings. The fourth-order valence-electron chi connectivity index (χ4n) is 0.882. The molecule has 0 atom stereocenters. The zero-order chi connectivity index (χ0) is 11.3. The molecule has 15 heavy (non-hydrogen) atoms. The van der Waals surface area contributed by atoms with E-state index >= 15 is 0 Å². The van der Waals surface area contributed by atoms with Crippen molar-refractivity contribution < 1.29 is 14.6 Å². The molecule has 0 spiro atoms. The average molecular weight is 208 g/mol. The van der Waals surface area contributed by atoms with Gasteiger partial charge >= 0.3 is 5.97 Å². The monoisotopic (exact) mass is 208 g/mol. The Hall–Kier alpha value is -1.35. The van der Waals surface area contributed by atoms with E-state index in [1.54, 1.807) is 24.3 Å². The van der Waals surface area contributed by atoms with Gasteiger partial charge in [-0.15, -0.1) is 0 Å². The summed E-state index contributed by atoms with van der Waals surface area (Å²) < 4.78 is 0. The zero-order valence-corrected chi connectivity index (χ0v) is 9.32. The van der Waals surface area contributed by atoms with Gasteiger partial charge in [-0.2, -0.15) is 4.89 Å². The maximum Gasteiger partial charge on any atom is 0.373 e. The lowest BCUT2D eigenvalue weighted by Crippen LogP contribution is -2.17. The molecule has 0 unspecified atom stereocenters. The maximum absolute atomic E-state index is 11.4. The molecule has 0 aliphatic rings. The lowest BCUT2D eigenvalue weighted by atomic mass is 9.99. The Morgan fingerprint density at radius 1 is 1.20 bits per heavy atom. The van der Waals surface area contributed by atoms with Crippen molar-refractivity contribution in [2.75, 3.05) is 6.61 Å². The van der Waals surface area contributed by atoms with Crippen molar-refractivity contribution >= 4 is 5.97 Å². The summed E-state index contributed by atoms with van der Waals surface area (Å²) in [4.78, 5) is 20.9. The lowest BCUT2D eigenvalue weighted by molar-refractivity contribution is -0.255. The molecule has 0 N–H and O–H groups in total. The predicted molar refractivity (Wildman–Crippen MR) is 57.3 cm³/mol. The molecule has 0 aliphatic heterocycles. The van der Waals surface area contributed by atoms with Crippen LogP contribution in [0.3, 0.4) is 0 Å². The number of hydrogen-bond acceptors (Lipinski definition) is 3. The highest BCUT2D eigenvalue weighted by atomic mass is 17.2. The summed E-state index contributed by atoms with van der Waals surface area (Å²) in [5.74, 6) is -0.458. The molecule has 0 saturated carbocycles. The first-order chi connectivity index (χ1) is 6.99. The van der Waals surface area contributed by atoms with E-state index in [9.17, 15) is 4.79 Å². The highest BCUT2D eigenvalue weighted by Gasteiger charge is 2.13. The molecule has 0 aromatic heterocycles. The van der Waals surface area contributed by atoms with Crippen LogP contribution in [0.1, 0.15) is 31.1 Å². The molecule has 0 aliphatic carbocycles. The van der Waals surface area contributed by atoms with Crippen LogP contribution in [0.15, 0.2) is 30.3 Å². The second-order valence-corrected chi connectivity index (χ2v) is 4.56. The van der Waals surface area contributed by atoms with Crippen LogP contribution in [0.5, 0.6) is 0 Å². The second kappa shape index (κ2) is 4.94. The largest absolute Gasteiger partial charge is 0.373 e.